The Labute approximate surface area is 185 Å². The van der Waals surface area contributed by atoms with E-state index in [4.69, 9.17) is 23.7 Å². The van der Waals surface area contributed by atoms with E-state index >= 15 is 0 Å². The van der Waals surface area contributed by atoms with Gasteiger partial charge in [0.05, 0.1) is 6.61 Å². The summed E-state index contributed by atoms with van der Waals surface area (Å²) in [6, 6.07) is 17.5. The van der Waals surface area contributed by atoms with Crippen LogP contribution in [0.2, 0.25) is 0 Å². The molecule has 4 rings (SSSR count). The van der Waals surface area contributed by atoms with Gasteiger partial charge < -0.3 is 34.1 Å². The van der Waals surface area contributed by atoms with Crippen LogP contribution in [-0.4, -0.2) is 60.8 Å². The number of amides is 1. The van der Waals surface area contributed by atoms with E-state index < -0.39 is 49.5 Å². The van der Waals surface area contributed by atoms with Crippen LogP contribution in [0.25, 0.3) is 0 Å². The first kappa shape index (κ1) is 22.2. The Morgan fingerprint density at radius 1 is 1.06 bits per heavy atom. The monoisotopic (exact) mass is 443 g/mol. The second kappa shape index (κ2) is 10.1. The number of ether oxygens (including phenoxy) is 5. The molecule has 0 spiro atoms. The molecule has 2 fully saturated rings. The van der Waals surface area contributed by atoms with Crippen molar-refractivity contribution in [2.24, 2.45) is 0 Å². The van der Waals surface area contributed by atoms with Crippen LogP contribution >= 0.6 is 0 Å². The molecular weight excluding hydrogens is 418 g/mol. The molecule has 0 saturated carbocycles. The number of carboxylic acids is 1. The Morgan fingerprint density at radius 3 is 2.41 bits per heavy atom. The highest BCUT2D eigenvalue weighted by Gasteiger charge is 2.52. The molecular formula is C23H25NO8. The summed E-state index contributed by atoms with van der Waals surface area (Å²) in [4.78, 5) is 23.2. The molecule has 0 radical (unpaired) electrons. The molecule has 1 amide bonds. The highest BCUT2D eigenvalue weighted by Crippen LogP contribution is 2.36. The van der Waals surface area contributed by atoms with Crippen molar-refractivity contribution in [1.82, 2.24) is 5.32 Å². The largest absolute Gasteiger partial charge is 0.480 e. The topological polar surface area (TPSA) is 113 Å². The van der Waals surface area contributed by atoms with Crippen LogP contribution in [0.3, 0.4) is 0 Å². The van der Waals surface area contributed by atoms with Crippen LogP contribution < -0.4 is 10.1 Å². The number of benzene rings is 2. The highest BCUT2D eigenvalue weighted by atomic mass is 16.8. The van der Waals surface area contributed by atoms with Gasteiger partial charge in [0.2, 0.25) is 12.2 Å². The molecule has 2 aromatic carbocycles. The highest BCUT2D eigenvalue weighted by molar-refractivity contribution is 5.73. The summed E-state index contributed by atoms with van der Waals surface area (Å²) in [5, 5.41) is 12.0. The van der Waals surface area contributed by atoms with E-state index in [1.54, 1.807) is 12.1 Å². The number of carboxylic acid groups (broad SMARTS) is 1. The van der Waals surface area contributed by atoms with Gasteiger partial charge in [-0.1, -0.05) is 48.5 Å². The normalized spacial score (nSPS) is 29.5. The fraction of sp³-hybridized carbons (Fsp3) is 0.391. The maximum Gasteiger partial charge on any atom is 0.329 e. The standard InChI is InChI=1S/C23H25NO8/c1-14(25)24-19-21(28-13-18(26)27)20-17(31-23(19)30-16-10-6-3-7-11-16)12-29-22(32-20)15-8-4-2-5-9-15/h2-11,17,19-23H,12-13H2,1H3,(H,24,25)(H,26,27)/t17-,19+,20+,21-,22+,23-/m1/s1. The maximum atomic E-state index is 12.0. The van der Waals surface area contributed by atoms with Gasteiger partial charge in [0.25, 0.3) is 0 Å². The van der Waals surface area contributed by atoms with Gasteiger partial charge in [-0.3, -0.25) is 4.79 Å². The summed E-state index contributed by atoms with van der Waals surface area (Å²) in [5.74, 6) is -0.945. The summed E-state index contributed by atoms with van der Waals surface area (Å²) in [6.45, 7) is 0.971. The SMILES string of the molecule is CC(=O)N[C@@H]1[C@H](Oc2ccccc2)O[C@@H]2CO[C@H](c3ccccc3)O[C@@H]2[C@@H]1OCC(=O)O. The van der Waals surface area contributed by atoms with Gasteiger partial charge >= 0.3 is 5.97 Å². The van der Waals surface area contributed by atoms with E-state index in [9.17, 15) is 14.7 Å². The molecule has 2 saturated heterocycles. The molecule has 2 aliphatic rings. The lowest BCUT2D eigenvalue weighted by Crippen LogP contribution is -2.68. The number of carbonyl (C=O) groups excluding carboxylic acids is 1. The smallest absolute Gasteiger partial charge is 0.329 e. The van der Waals surface area contributed by atoms with Crippen molar-refractivity contribution in [2.75, 3.05) is 13.2 Å². The molecule has 0 aromatic heterocycles. The quantitative estimate of drug-likeness (QED) is 0.667. The van der Waals surface area contributed by atoms with Crippen molar-refractivity contribution in [3.8, 4) is 5.75 Å². The maximum absolute atomic E-state index is 12.0. The number of hydrogen-bond donors (Lipinski definition) is 2. The van der Waals surface area contributed by atoms with Crippen molar-refractivity contribution in [2.45, 2.75) is 43.9 Å². The minimum absolute atomic E-state index is 0.179. The fourth-order valence-corrected chi connectivity index (χ4v) is 3.84. The molecule has 0 aliphatic carbocycles. The number of rotatable bonds is 7. The Morgan fingerprint density at radius 2 is 1.75 bits per heavy atom. The average Bonchev–Trinajstić information content (AvgIpc) is 2.79. The van der Waals surface area contributed by atoms with Gasteiger partial charge in [-0.25, -0.2) is 4.79 Å². The molecule has 2 heterocycles. The zero-order valence-corrected chi connectivity index (χ0v) is 17.5. The van der Waals surface area contributed by atoms with Crippen LogP contribution in [0.15, 0.2) is 60.7 Å². The lowest BCUT2D eigenvalue weighted by molar-refractivity contribution is -0.337. The predicted octanol–water partition coefficient (Wildman–Crippen LogP) is 1.88. The second-order valence-corrected chi connectivity index (χ2v) is 7.55. The minimum Gasteiger partial charge on any atom is -0.480 e. The van der Waals surface area contributed by atoms with Crippen LogP contribution in [0.4, 0.5) is 0 Å². The first-order valence-corrected chi connectivity index (χ1v) is 10.3. The molecule has 2 aliphatic heterocycles. The molecule has 9 heteroatoms. The van der Waals surface area contributed by atoms with Gasteiger partial charge in [-0.2, -0.15) is 0 Å². The number of nitrogens with one attached hydrogen (secondary N) is 1. The molecule has 2 aromatic rings. The lowest BCUT2D eigenvalue weighted by atomic mass is 9.95. The van der Waals surface area contributed by atoms with Crippen molar-refractivity contribution in [1.29, 1.82) is 0 Å². The number of para-hydroxylation sites is 1. The minimum atomic E-state index is -1.14. The van der Waals surface area contributed by atoms with Gasteiger partial charge in [-0.15, -0.1) is 0 Å². The molecule has 2 N–H and O–H groups in total. The summed E-state index contributed by atoms with van der Waals surface area (Å²) < 4.78 is 29.9. The third-order valence-electron chi connectivity index (χ3n) is 5.18. The summed E-state index contributed by atoms with van der Waals surface area (Å²) in [6.07, 6.45) is -3.76. The third kappa shape index (κ3) is 5.25. The molecule has 32 heavy (non-hydrogen) atoms. The van der Waals surface area contributed by atoms with E-state index in [1.807, 2.05) is 48.5 Å². The Hall–Kier alpha value is -2.98. The number of carbonyl (C=O) groups is 2. The predicted molar refractivity (Wildman–Crippen MR) is 111 cm³/mol. The average molecular weight is 443 g/mol. The van der Waals surface area contributed by atoms with Crippen LogP contribution in [-0.2, 0) is 28.5 Å². The van der Waals surface area contributed by atoms with E-state index in [1.165, 1.54) is 6.92 Å². The molecule has 0 bridgehead atoms. The van der Waals surface area contributed by atoms with E-state index in [-0.39, 0.29) is 12.5 Å². The van der Waals surface area contributed by atoms with Crippen molar-refractivity contribution in [3.05, 3.63) is 66.2 Å². The first-order valence-electron chi connectivity index (χ1n) is 10.3. The van der Waals surface area contributed by atoms with Crippen LogP contribution in [0.5, 0.6) is 5.75 Å². The zero-order chi connectivity index (χ0) is 22.5. The molecule has 170 valence electrons. The number of hydrogen-bond acceptors (Lipinski definition) is 7. The van der Waals surface area contributed by atoms with Crippen molar-refractivity contribution in [3.63, 3.8) is 0 Å². The summed E-state index contributed by atoms with van der Waals surface area (Å²) in [5.41, 5.74) is 0.807. The lowest BCUT2D eigenvalue weighted by Gasteiger charge is -2.49. The zero-order valence-electron chi connectivity index (χ0n) is 17.5. The van der Waals surface area contributed by atoms with Gasteiger partial charge in [0, 0.05) is 12.5 Å². The summed E-state index contributed by atoms with van der Waals surface area (Å²) >= 11 is 0. The Kier molecular flexibility index (Phi) is 7.01. The summed E-state index contributed by atoms with van der Waals surface area (Å²) in [7, 11) is 0. The van der Waals surface area contributed by atoms with Crippen molar-refractivity contribution >= 4 is 11.9 Å². The molecule has 6 atom stereocenters. The van der Waals surface area contributed by atoms with Gasteiger partial charge in [-0.05, 0) is 12.1 Å². The van der Waals surface area contributed by atoms with Gasteiger partial charge in [0.15, 0.2) is 6.29 Å². The fourth-order valence-electron chi connectivity index (χ4n) is 3.84. The van der Waals surface area contributed by atoms with Crippen LogP contribution in [0, 0.1) is 0 Å². The van der Waals surface area contributed by atoms with E-state index in [2.05, 4.69) is 5.32 Å². The number of aliphatic carboxylic acids is 1. The second-order valence-electron chi connectivity index (χ2n) is 7.55. The Balaban J connectivity index is 1.61. The van der Waals surface area contributed by atoms with Gasteiger partial charge in [0.1, 0.15) is 36.7 Å². The number of fused-ring (bicyclic) bond motifs is 1. The Bertz CT molecular complexity index is 909. The van der Waals surface area contributed by atoms with Crippen molar-refractivity contribution < 1.29 is 38.4 Å². The third-order valence-corrected chi connectivity index (χ3v) is 5.18. The molecule has 9 nitrogen and oxygen atoms in total. The molecule has 0 unspecified atom stereocenters. The van der Waals surface area contributed by atoms with E-state index in [0.29, 0.717) is 5.75 Å². The van der Waals surface area contributed by atoms with Crippen LogP contribution in [0.1, 0.15) is 18.8 Å². The van der Waals surface area contributed by atoms with E-state index in [0.717, 1.165) is 5.56 Å². The first-order chi connectivity index (χ1) is 15.5.